The molecule has 1 heterocycles. The van der Waals surface area contributed by atoms with Gasteiger partial charge >= 0.3 is 11.9 Å². The standard InChI is InChI=1S/C7H9N3O4/c1-3-4(11)14-6-5(7(12)13-2)8-10-9-6/h3H2,1-2H3,(H,8,9,10). The van der Waals surface area contributed by atoms with Gasteiger partial charge in [-0.1, -0.05) is 17.2 Å². The van der Waals surface area contributed by atoms with Crippen LogP contribution >= 0.6 is 0 Å². The molecule has 0 unspecified atom stereocenters. The summed E-state index contributed by atoms with van der Waals surface area (Å²) in [6.07, 6.45) is 0.188. The third-order valence-corrected chi connectivity index (χ3v) is 1.41. The highest BCUT2D eigenvalue weighted by molar-refractivity contribution is 5.90. The third-order valence-electron chi connectivity index (χ3n) is 1.41. The summed E-state index contributed by atoms with van der Waals surface area (Å²) in [6.45, 7) is 1.63. The van der Waals surface area contributed by atoms with Crippen molar-refractivity contribution < 1.29 is 19.1 Å². The van der Waals surface area contributed by atoms with Crippen LogP contribution in [0.1, 0.15) is 23.8 Å². The Labute approximate surface area is 79.4 Å². The van der Waals surface area contributed by atoms with Crippen molar-refractivity contribution in [1.82, 2.24) is 15.4 Å². The number of hydrogen-bond donors (Lipinski definition) is 1. The highest BCUT2D eigenvalue weighted by atomic mass is 16.6. The number of methoxy groups -OCH3 is 1. The molecular formula is C7H9N3O4. The van der Waals surface area contributed by atoms with Gasteiger partial charge in [0.25, 0.3) is 5.88 Å². The van der Waals surface area contributed by atoms with E-state index in [0.717, 1.165) is 0 Å². The number of carbonyl (C=O) groups is 2. The predicted molar refractivity (Wildman–Crippen MR) is 43.6 cm³/mol. The molecule has 0 saturated heterocycles. The second kappa shape index (κ2) is 4.35. The molecule has 7 nitrogen and oxygen atoms in total. The molecule has 0 fully saturated rings. The second-order valence-corrected chi connectivity index (χ2v) is 2.31. The normalized spacial score (nSPS) is 9.57. The van der Waals surface area contributed by atoms with Crippen LogP contribution in [-0.4, -0.2) is 34.5 Å². The van der Waals surface area contributed by atoms with Crippen LogP contribution in [0.2, 0.25) is 0 Å². The predicted octanol–water partition coefficient (Wildman–Crippen LogP) is -0.0933. The Morgan fingerprint density at radius 2 is 2.21 bits per heavy atom. The Morgan fingerprint density at radius 3 is 2.79 bits per heavy atom. The number of esters is 2. The van der Waals surface area contributed by atoms with Crippen LogP contribution in [0.25, 0.3) is 0 Å². The lowest BCUT2D eigenvalue weighted by Crippen LogP contribution is -2.10. The lowest BCUT2D eigenvalue weighted by atomic mass is 10.4. The van der Waals surface area contributed by atoms with Crippen molar-refractivity contribution in [2.45, 2.75) is 13.3 Å². The fourth-order valence-corrected chi connectivity index (χ4v) is 0.705. The summed E-state index contributed by atoms with van der Waals surface area (Å²) >= 11 is 0. The zero-order valence-corrected chi connectivity index (χ0v) is 7.73. The van der Waals surface area contributed by atoms with Crippen LogP contribution in [0.15, 0.2) is 0 Å². The van der Waals surface area contributed by atoms with Crippen LogP contribution < -0.4 is 4.74 Å². The van der Waals surface area contributed by atoms with E-state index in [1.165, 1.54) is 7.11 Å². The Morgan fingerprint density at radius 1 is 1.50 bits per heavy atom. The first-order valence-electron chi connectivity index (χ1n) is 3.89. The van der Waals surface area contributed by atoms with Crippen LogP contribution in [-0.2, 0) is 9.53 Å². The van der Waals surface area contributed by atoms with Crippen LogP contribution in [0, 0.1) is 0 Å². The number of carbonyl (C=O) groups excluding carboxylic acids is 2. The molecule has 0 amide bonds. The maximum Gasteiger partial charge on any atom is 0.361 e. The summed E-state index contributed by atoms with van der Waals surface area (Å²) in [7, 11) is 1.20. The maximum absolute atomic E-state index is 11.0. The van der Waals surface area contributed by atoms with Gasteiger partial charge in [0, 0.05) is 6.42 Å². The van der Waals surface area contributed by atoms with Gasteiger partial charge in [-0.25, -0.2) is 9.89 Å². The number of rotatable bonds is 3. The average molecular weight is 199 g/mol. The monoisotopic (exact) mass is 199 g/mol. The molecular weight excluding hydrogens is 190 g/mol. The minimum atomic E-state index is -0.686. The van der Waals surface area contributed by atoms with E-state index in [1.807, 2.05) is 0 Å². The number of ether oxygens (including phenoxy) is 2. The van der Waals surface area contributed by atoms with Gasteiger partial charge in [0.05, 0.1) is 7.11 Å². The van der Waals surface area contributed by atoms with Gasteiger partial charge in [-0.15, -0.1) is 0 Å². The summed E-state index contributed by atoms with van der Waals surface area (Å²) in [5.74, 6) is -1.35. The zero-order chi connectivity index (χ0) is 10.6. The summed E-state index contributed by atoms with van der Waals surface area (Å²) in [6, 6.07) is 0. The summed E-state index contributed by atoms with van der Waals surface area (Å²) in [5.41, 5.74) is -0.0747. The van der Waals surface area contributed by atoms with Crippen molar-refractivity contribution in [2.75, 3.05) is 7.11 Å². The minimum absolute atomic E-state index is 0.0747. The van der Waals surface area contributed by atoms with E-state index in [9.17, 15) is 9.59 Å². The number of H-pyrrole nitrogens is 1. The Bertz CT molecular complexity index is 346. The molecule has 0 aliphatic rings. The van der Waals surface area contributed by atoms with Crippen LogP contribution in [0.5, 0.6) is 5.88 Å². The number of hydrogen-bond acceptors (Lipinski definition) is 6. The fourth-order valence-electron chi connectivity index (χ4n) is 0.705. The largest absolute Gasteiger partial charge is 0.464 e. The van der Waals surface area contributed by atoms with Gasteiger partial charge in [0.1, 0.15) is 0 Å². The van der Waals surface area contributed by atoms with Gasteiger partial charge in [-0.05, 0) is 0 Å². The SMILES string of the molecule is CCC(=O)Oc1nn[nH]c1C(=O)OC. The first-order valence-corrected chi connectivity index (χ1v) is 3.89. The molecule has 0 atom stereocenters. The van der Waals surface area contributed by atoms with E-state index < -0.39 is 11.9 Å². The maximum atomic E-state index is 11.0. The molecule has 1 aromatic rings. The van der Waals surface area contributed by atoms with Crippen molar-refractivity contribution in [3.8, 4) is 5.88 Å². The molecule has 1 rings (SSSR count). The number of nitrogens with zero attached hydrogens (tertiary/aromatic N) is 2. The van der Waals surface area contributed by atoms with Gasteiger partial charge < -0.3 is 9.47 Å². The second-order valence-electron chi connectivity index (χ2n) is 2.31. The fraction of sp³-hybridized carbons (Fsp3) is 0.429. The van der Waals surface area contributed by atoms with E-state index in [0.29, 0.717) is 0 Å². The first kappa shape index (κ1) is 10.2. The summed E-state index contributed by atoms with van der Waals surface area (Å²) < 4.78 is 9.12. The molecule has 0 aliphatic heterocycles. The zero-order valence-electron chi connectivity index (χ0n) is 7.73. The third kappa shape index (κ3) is 2.06. The van der Waals surface area contributed by atoms with Crippen molar-refractivity contribution >= 4 is 11.9 Å². The summed E-state index contributed by atoms with van der Waals surface area (Å²) in [5, 5.41) is 9.02. The molecule has 0 radical (unpaired) electrons. The van der Waals surface area contributed by atoms with Gasteiger partial charge in [-0.2, -0.15) is 0 Å². The molecule has 0 aromatic carbocycles. The van der Waals surface area contributed by atoms with Crippen LogP contribution in [0.3, 0.4) is 0 Å². The van der Waals surface area contributed by atoms with E-state index in [4.69, 9.17) is 4.74 Å². The average Bonchev–Trinajstić information content (AvgIpc) is 2.64. The summed E-state index contributed by atoms with van der Waals surface area (Å²) in [4.78, 5) is 21.9. The molecule has 1 aromatic heterocycles. The highest BCUT2D eigenvalue weighted by Gasteiger charge is 2.19. The molecule has 0 saturated carbocycles. The quantitative estimate of drug-likeness (QED) is 0.683. The Kier molecular flexibility index (Phi) is 3.16. The lowest BCUT2D eigenvalue weighted by Gasteiger charge is -1.99. The van der Waals surface area contributed by atoms with E-state index >= 15 is 0 Å². The van der Waals surface area contributed by atoms with Gasteiger partial charge in [0.15, 0.2) is 0 Å². The van der Waals surface area contributed by atoms with Crippen molar-refractivity contribution in [2.24, 2.45) is 0 Å². The number of aromatic nitrogens is 3. The molecule has 76 valence electrons. The van der Waals surface area contributed by atoms with Crippen molar-refractivity contribution in [3.05, 3.63) is 5.69 Å². The van der Waals surface area contributed by atoms with Crippen molar-refractivity contribution in [1.29, 1.82) is 0 Å². The van der Waals surface area contributed by atoms with E-state index in [2.05, 4.69) is 20.1 Å². The van der Waals surface area contributed by atoms with E-state index in [1.54, 1.807) is 6.92 Å². The van der Waals surface area contributed by atoms with Gasteiger partial charge in [0.2, 0.25) is 5.69 Å². The van der Waals surface area contributed by atoms with E-state index in [-0.39, 0.29) is 18.0 Å². The van der Waals surface area contributed by atoms with Gasteiger partial charge in [-0.3, -0.25) is 4.79 Å². The van der Waals surface area contributed by atoms with Crippen molar-refractivity contribution in [3.63, 3.8) is 0 Å². The smallest absolute Gasteiger partial charge is 0.361 e. The topological polar surface area (TPSA) is 94.2 Å². The Hall–Kier alpha value is -1.92. The van der Waals surface area contributed by atoms with Crippen LogP contribution in [0.4, 0.5) is 0 Å². The molecule has 14 heavy (non-hydrogen) atoms. The molecule has 0 spiro atoms. The highest BCUT2D eigenvalue weighted by Crippen LogP contribution is 2.12. The number of aromatic amines is 1. The minimum Gasteiger partial charge on any atom is -0.464 e. The molecule has 0 bridgehead atoms. The first-order chi connectivity index (χ1) is 6.69. The molecule has 1 N–H and O–H groups in total. The Balaban J connectivity index is 2.82. The molecule has 7 heteroatoms. The molecule has 0 aliphatic carbocycles. The lowest BCUT2D eigenvalue weighted by molar-refractivity contribution is -0.134. The number of nitrogens with one attached hydrogen (secondary N) is 1.